The molecule has 3 aromatic rings. The van der Waals surface area contributed by atoms with Gasteiger partial charge in [-0.25, -0.2) is 13.4 Å². The summed E-state index contributed by atoms with van der Waals surface area (Å²) in [5.41, 5.74) is 2.91. The number of aryl methyl sites for hydroxylation is 1. The lowest BCUT2D eigenvalue weighted by Crippen LogP contribution is -2.30. The monoisotopic (exact) mass is 463 g/mol. The number of benzene rings is 2. The average molecular weight is 464 g/mol. The van der Waals surface area contributed by atoms with E-state index in [-0.39, 0.29) is 11.5 Å². The second-order valence-electron chi connectivity index (χ2n) is 6.58. The molecule has 0 fully saturated rings. The smallest absolute Gasteiger partial charge is 0.321 e. The number of para-hydroxylation sites is 2. The van der Waals surface area contributed by atoms with Crippen LogP contribution in [0.3, 0.4) is 0 Å². The Morgan fingerprint density at radius 1 is 1.13 bits per heavy atom. The Balaban J connectivity index is 0.000000785. The van der Waals surface area contributed by atoms with Crippen LogP contribution in [0, 0.1) is 6.92 Å². The third-order valence-electron chi connectivity index (χ3n) is 4.42. The van der Waals surface area contributed by atoms with E-state index in [1.54, 1.807) is 19.1 Å². The van der Waals surface area contributed by atoms with Crippen molar-refractivity contribution in [2.75, 3.05) is 25.2 Å². The first-order valence-electron chi connectivity index (χ1n) is 9.97. The lowest BCUT2D eigenvalue weighted by molar-refractivity contribution is -0.141. The molecule has 3 rings (SSSR count). The summed E-state index contributed by atoms with van der Waals surface area (Å²) < 4.78 is 33.6. The van der Waals surface area contributed by atoms with Crippen LogP contribution in [-0.4, -0.2) is 49.1 Å². The van der Waals surface area contributed by atoms with Gasteiger partial charge in [-0.1, -0.05) is 31.2 Å². The second kappa shape index (κ2) is 11.9. The van der Waals surface area contributed by atoms with Gasteiger partial charge in [0.2, 0.25) is 10.0 Å². The number of rotatable bonds is 8. The van der Waals surface area contributed by atoms with Crippen molar-refractivity contribution in [2.45, 2.75) is 32.2 Å². The van der Waals surface area contributed by atoms with Crippen LogP contribution in [0.5, 0.6) is 0 Å². The number of carbonyl (C=O) groups excluding carboxylic acids is 1. The molecule has 1 aromatic heterocycles. The van der Waals surface area contributed by atoms with Gasteiger partial charge in [-0.15, -0.1) is 0 Å². The quantitative estimate of drug-likeness (QED) is 0.513. The zero-order valence-corrected chi connectivity index (χ0v) is 19.9. The van der Waals surface area contributed by atoms with Crippen LogP contribution in [0.15, 0.2) is 53.4 Å². The van der Waals surface area contributed by atoms with Crippen LogP contribution in [0.1, 0.15) is 25.2 Å². The van der Waals surface area contributed by atoms with E-state index in [2.05, 4.69) is 27.5 Å². The van der Waals surface area contributed by atoms with Crippen LogP contribution in [0.2, 0.25) is 0 Å². The summed E-state index contributed by atoms with van der Waals surface area (Å²) in [5, 5.41) is 0. The summed E-state index contributed by atoms with van der Waals surface area (Å²) in [6, 6.07) is 14.4. The zero-order valence-electron chi connectivity index (χ0n) is 18.3. The van der Waals surface area contributed by atoms with E-state index in [4.69, 9.17) is 4.74 Å². The number of hydrogen-bond acceptors (Lipinski definition) is 6. The molecule has 0 aliphatic carbocycles. The van der Waals surface area contributed by atoms with Crippen LogP contribution in [0.25, 0.3) is 11.0 Å². The van der Waals surface area contributed by atoms with Crippen molar-refractivity contribution in [3.63, 3.8) is 0 Å². The molecule has 0 saturated heterocycles. The van der Waals surface area contributed by atoms with Crippen LogP contribution >= 0.6 is 11.8 Å². The molecule has 0 aliphatic rings. The average Bonchev–Trinajstić information content (AvgIpc) is 3.08. The van der Waals surface area contributed by atoms with Crippen molar-refractivity contribution in [2.24, 2.45) is 0 Å². The minimum absolute atomic E-state index is 0.0998. The second-order valence-corrected chi connectivity index (χ2v) is 9.51. The van der Waals surface area contributed by atoms with E-state index in [1.165, 1.54) is 17.9 Å². The van der Waals surface area contributed by atoms with Crippen molar-refractivity contribution in [3.8, 4) is 0 Å². The molecule has 0 amide bonds. The Labute approximate surface area is 188 Å². The van der Waals surface area contributed by atoms with Gasteiger partial charge < -0.3 is 9.30 Å². The molecule has 0 aliphatic heterocycles. The molecule has 9 heteroatoms. The Morgan fingerprint density at radius 2 is 1.77 bits per heavy atom. The Bertz CT molecular complexity index is 1090. The standard InChI is InChI=1S/C19H21N3O4S.C3H8S/c1-3-26-19(23)12-20-27(24,25)16-10-8-15(9-11-16)13-22-14(2)21-17-6-4-5-7-18(17)22;1-3-4-2/h4-11,20H,3,12-13H2,1-2H3;3H2,1-2H3. The minimum Gasteiger partial charge on any atom is -0.465 e. The summed E-state index contributed by atoms with van der Waals surface area (Å²) in [5.74, 6) is 1.52. The van der Waals surface area contributed by atoms with E-state index >= 15 is 0 Å². The summed E-state index contributed by atoms with van der Waals surface area (Å²) in [6.07, 6.45) is 2.10. The van der Waals surface area contributed by atoms with Gasteiger partial charge in [0.15, 0.2) is 0 Å². The summed E-state index contributed by atoms with van der Waals surface area (Å²) in [6.45, 7) is 6.15. The minimum atomic E-state index is -3.77. The molecular weight excluding hydrogens is 434 g/mol. The van der Waals surface area contributed by atoms with Crippen molar-refractivity contribution in [1.29, 1.82) is 0 Å². The molecular formula is C22H29N3O4S2. The lowest BCUT2D eigenvalue weighted by atomic mass is 10.2. The van der Waals surface area contributed by atoms with E-state index in [9.17, 15) is 13.2 Å². The topological polar surface area (TPSA) is 90.3 Å². The number of sulfonamides is 1. The van der Waals surface area contributed by atoms with Crippen LogP contribution in [0.4, 0.5) is 0 Å². The Hall–Kier alpha value is -2.36. The number of aromatic nitrogens is 2. The van der Waals surface area contributed by atoms with Gasteiger partial charge in [0.1, 0.15) is 12.4 Å². The molecule has 0 bridgehead atoms. The first kappa shape index (κ1) is 24.9. The third-order valence-corrected chi connectivity index (χ3v) is 6.41. The number of nitrogens with one attached hydrogen (secondary N) is 1. The van der Waals surface area contributed by atoms with Gasteiger partial charge in [0.25, 0.3) is 0 Å². The van der Waals surface area contributed by atoms with Crippen molar-refractivity contribution >= 4 is 38.8 Å². The third kappa shape index (κ3) is 7.09. The maximum atomic E-state index is 12.3. The molecule has 7 nitrogen and oxygen atoms in total. The molecule has 0 saturated carbocycles. The molecule has 0 atom stereocenters. The van der Waals surface area contributed by atoms with Gasteiger partial charge in [0.05, 0.1) is 22.5 Å². The fraction of sp³-hybridized carbons (Fsp3) is 0.364. The number of esters is 1. The highest BCUT2D eigenvalue weighted by Crippen LogP contribution is 2.18. The molecule has 0 spiro atoms. The van der Waals surface area contributed by atoms with E-state index < -0.39 is 22.5 Å². The largest absolute Gasteiger partial charge is 0.465 e. The lowest BCUT2D eigenvalue weighted by Gasteiger charge is -2.09. The molecule has 1 N–H and O–H groups in total. The number of fused-ring (bicyclic) bond motifs is 1. The normalized spacial score (nSPS) is 11.1. The first-order chi connectivity index (χ1) is 14.8. The Kier molecular flexibility index (Phi) is 9.54. The van der Waals surface area contributed by atoms with Gasteiger partial charge in [-0.2, -0.15) is 16.5 Å². The highest BCUT2D eigenvalue weighted by Gasteiger charge is 2.16. The summed E-state index contributed by atoms with van der Waals surface area (Å²) in [7, 11) is -3.77. The fourth-order valence-corrected chi connectivity index (χ4v) is 3.77. The Morgan fingerprint density at radius 3 is 2.39 bits per heavy atom. The van der Waals surface area contributed by atoms with Crippen LogP contribution in [-0.2, 0) is 26.1 Å². The van der Waals surface area contributed by atoms with Gasteiger partial charge in [0, 0.05) is 6.54 Å². The predicted octanol–water partition coefficient (Wildman–Crippen LogP) is 3.60. The highest BCUT2D eigenvalue weighted by molar-refractivity contribution is 7.98. The molecule has 31 heavy (non-hydrogen) atoms. The number of ether oxygens (including phenoxy) is 1. The summed E-state index contributed by atoms with van der Waals surface area (Å²) >= 11 is 1.86. The van der Waals surface area contributed by atoms with E-state index in [0.717, 1.165) is 22.4 Å². The molecule has 0 unspecified atom stereocenters. The van der Waals surface area contributed by atoms with Crippen molar-refractivity contribution < 1.29 is 17.9 Å². The van der Waals surface area contributed by atoms with Crippen molar-refractivity contribution in [3.05, 3.63) is 59.9 Å². The number of hydrogen-bond donors (Lipinski definition) is 1. The number of nitrogens with zero attached hydrogens (tertiary/aromatic N) is 2. The number of thioether (sulfide) groups is 1. The SMILES string of the molecule is CCOC(=O)CNS(=O)(=O)c1ccc(Cn2c(C)nc3ccccc32)cc1.CCSC. The predicted molar refractivity (Wildman–Crippen MR) is 126 cm³/mol. The van der Waals surface area contributed by atoms with Crippen LogP contribution < -0.4 is 4.72 Å². The number of carbonyl (C=O) groups is 1. The van der Waals surface area contributed by atoms with E-state index in [0.29, 0.717) is 6.54 Å². The van der Waals surface area contributed by atoms with Gasteiger partial charge in [-0.3, -0.25) is 4.79 Å². The maximum Gasteiger partial charge on any atom is 0.321 e. The zero-order chi connectivity index (χ0) is 22.9. The van der Waals surface area contributed by atoms with E-state index in [1.807, 2.05) is 43.0 Å². The maximum absolute atomic E-state index is 12.3. The molecule has 168 valence electrons. The van der Waals surface area contributed by atoms with Gasteiger partial charge >= 0.3 is 5.97 Å². The van der Waals surface area contributed by atoms with Crippen molar-refractivity contribution in [1.82, 2.24) is 14.3 Å². The number of imidazole rings is 1. The fourth-order valence-electron chi connectivity index (χ4n) is 2.80. The highest BCUT2D eigenvalue weighted by atomic mass is 32.2. The first-order valence-corrected chi connectivity index (χ1v) is 12.8. The molecule has 1 heterocycles. The molecule has 2 aromatic carbocycles. The van der Waals surface area contributed by atoms with Gasteiger partial charge in [-0.05, 0) is 55.7 Å². The summed E-state index contributed by atoms with van der Waals surface area (Å²) in [4.78, 5) is 16.0. The molecule has 0 radical (unpaired) electrons.